The number of hydrogen-bond acceptors (Lipinski definition) is 2. The zero-order chi connectivity index (χ0) is 13.8. The van der Waals surface area contributed by atoms with Crippen LogP contribution in [0.25, 0.3) is 0 Å². The van der Waals surface area contributed by atoms with Gasteiger partial charge in [0.1, 0.15) is 0 Å². The molecule has 6 heteroatoms. The van der Waals surface area contributed by atoms with Crippen LogP contribution in [0.3, 0.4) is 0 Å². The van der Waals surface area contributed by atoms with E-state index in [9.17, 15) is 4.79 Å². The Hall–Kier alpha value is -1.33. The molecule has 1 heterocycles. The van der Waals surface area contributed by atoms with Crippen molar-refractivity contribution in [1.29, 1.82) is 0 Å². The van der Waals surface area contributed by atoms with E-state index in [2.05, 4.69) is 26.3 Å². The fourth-order valence-corrected chi connectivity index (χ4v) is 2.28. The van der Waals surface area contributed by atoms with Gasteiger partial charge in [0.2, 0.25) is 0 Å². The van der Waals surface area contributed by atoms with E-state index >= 15 is 0 Å². The summed E-state index contributed by atoms with van der Waals surface area (Å²) in [5.74, 6) is -0.173. The topological polar surface area (TPSA) is 46.9 Å². The summed E-state index contributed by atoms with van der Waals surface area (Å²) in [7, 11) is 1.88. The van der Waals surface area contributed by atoms with Crippen LogP contribution in [0.1, 0.15) is 16.1 Å². The molecule has 1 amide bonds. The molecule has 0 aliphatic heterocycles. The van der Waals surface area contributed by atoms with Crippen molar-refractivity contribution in [2.45, 2.75) is 6.42 Å². The summed E-state index contributed by atoms with van der Waals surface area (Å²) in [5, 5.41) is 7.37. The van der Waals surface area contributed by atoms with Gasteiger partial charge in [0.15, 0.2) is 0 Å². The maximum atomic E-state index is 12.0. The number of aromatic nitrogens is 2. The zero-order valence-electron chi connectivity index (χ0n) is 10.4. The molecule has 19 heavy (non-hydrogen) atoms. The molecule has 100 valence electrons. The Bertz CT molecular complexity index is 597. The van der Waals surface area contributed by atoms with E-state index in [4.69, 9.17) is 11.6 Å². The second-order valence-corrected chi connectivity index (χ2v) is 5.40. The first kappa shape index (κ1) is 14.1. The number of nitrogens with one attached hydrogen (secondary N) is 1. The van der Waals surface area contributed by atoms with Crippen molar-refractivity contribution in [1.82, 2.24) is 15.1 Å². The van der Waals surface area contributed by atoms with Crippen LogP contribution in [0.5, 0.6) is 0 Å². The van der Waals surface area contributed by atoms with Crippen LogP contribution in [0.2, 0.25) is 5.02 Å². The van der Waals surface area contributed by atoms with E-state index in [1.165, 1.54) is 0 Å². The van der Waals surface area contributed by atoms with Gasteiger partial charge in [-0.25, -0.2) is 0 Å². The van der Waals surface area contributed by atoms with Crippen LogP contribution in [0.4, 0.5) is 0 Å². The van der Waals surface area contributed by atoms with E-state index in [0.717, 1.165) is 16.6 Å². The molecule has 4 nitrogen and oxygen atoms in total. The predicted octanol–water partition coefficient (Wildman–Crippen LogP) is 2.81. The molecule has 1 aromatic carbocycles. The highest BCUT2D eigenvalue weighted by Crippen LogP contribution is 2.20. The highest BCUT2D eigenvalue weighted by atomic mass is 79.9. The molecule has 0 saturated carbocycles. The number of benzene rings is 1. The molecule has 0 unspecified atom stereocenters. The average molecular weight is 343 g/mol. The van der Waals surface area contributed by atoms with Crippen molar-refractivity contribution in [2.24, 2.45) is 7.05 Å². The summed E-state index contributed by atoms with van der Waals surface area (Å²) in [6, 6.07) is 7.14. The number of carbonyl (C=O) groups is 1. The Morgan fingerprint density at radius 1 is 1.47 bits per heavy atom. The zero-order valence-corrected chi connectivity index (χ0v) is 12.7. The molecule has 2 rings (SSSR count). The van der Waals surface area contributed by atoms with Crippen LogP contribution in [-0.2, 0) is 13.5 Å². The number of hydrogen-bond donors (Lipinski definition) is 1. The molecule has 1 aromatic heterocycles. The van der Waals surface area contributed by atoms with Crippen molar-refractivity contribution >= 4 is 33.4 Å². The van der Waals surface area contributed by atoms with Gasteiger partial charge in [-0.2, -0.15) is 5.10 Å². The molecule has 0 spiro atoms. The Kier molecular flexibility index (Phi) is 4.61. The highest BCUT2D eigenvalue weighted by Gasteiger charge is 2.10. The lowest BCUT2D eigenvalue weighted by Crippen LogP contribution is -2.26. The second kappa shape index (κ2) is 6.21. The smallest absolute Gasteiger partial charge is 0.252 e. The fraction of sp³-hybridized carbons (Fsp3) is 0.231. The van der Waals surface area contributed by atoms with Crippen LogP contribution in [0, 0.1) is 0 Å². The number of amides is 1. The van der Waals surface area contributed by atoms with Crippen molar-refractivity contribution in [3.05, 3.63) is 51.2 Å². The van der Waals surface area contributed by atoms with E-state index in [1.54, 1.807) is 29.1 Å². The number of rotatable bonds is 4. The van der Waals surface area contributed by atoms with Gasteiger partial charge in [-0.1, -0.05) is 27.5 Å². The third kappa shape index (κ3) is 3.58. The van der Waals surface area contributed by atoms with Crippen molar-refractivity contribution < 1.29 is 4.79 Å². The normalized spacial score (nSPS) is 10.5. The number of aryl methyl sites for hydroxylation is 1. The molecule has 1 N–H and O–H groups in total. The molecular weight excluding hydrogens is 330 g/mol. The minimum Gasteiger partial charge on any atom is -0.352 e. The third-order valence-electron chi connectivity index (χ3n) is 2.76. The lowest BCUT2D eigenvalue weighted by Gasteiger charge is -2.07. The van der Waals surface area contributed by atoms with Gasteiger partial charge in [0.05, 0.1) is 10.6 Å². The largest absolute Gasteiger partial charge is 0.352 e. The highest BCUT2D eigenvalue weighted by molar-refractivity contribution is 9.10. The van der Waals surface area contributed by atoms with E-state index in [0.29, 0.717) is 17.1 Å². The summed E-state index contributed by atoms with van der Waals surface area (Å²) in [4.78, 5) is 12.0. The van der Waals surface area contributed by atoms with Crippen LogP contribution < -0.4 is 5.32 Å². The van der Waals surface area contributed by atoms with Gasteiger partial charge in [0.25, 0.3) is 5.91 Å². The van der Waals surface area contributed by atoms with Gasteiger partial charge in [0, 0.05) is 36.4 Å². The van der Waals surface area contributed by atoms with Crippen LogP contribution >= 0.6 is 27.5 Å². The first-order valence-electron chi connectivity index (χ1n) is 5.78. The fourth-order valence-electron chi connectivity index (χ4n) is 1.72. The van der Waals surface area contributed by atoms with Crippen LogP contribution in [0.15, 0.2) is 34.9 Å². The standard InChI is InChI=1S/C13H13BrClN3O/c1-18-10(5-7-17-18)4-6-16-13(19)11-8-9(14)2-3-12(11)15/h2-3,5,7-8H,4,6H2,1H3,(H,16,19). The van der Waals surface area contributed by atoms with Crippen molar-refractivity contribution in [3.63, 3.8) is 0 Å². The molecule has 0 atom stereocenters. The van der Waals surface area contributed by atoms with Gasteiger partial charge < -0.3 is 5.32 Å². The van der Waals surface area contributed by atoms with Crippen molar-refractivity contribution in [3.8, 4) is 0 Å². The maximum Gasteiger partial charge on any atom is 0.252 e. The molecule has 0 aliphatic rings. The quantitative estimate of drug-likeness (QED) is 0.929. The number of carbonyl (C=O) groups excluding carboxylic acids is 1. The van der Waals surface area contributed by atoms with E-state index in [-0.39, 0.29) is 5.91 Å². The Balaban J connectivity index is 1.94. The lowest BCUT2D eigenvalue weighted by molar-refractivity contribution is 0.0954. The second-order valence-electron chi connectivity index (χ2n) is 4.08. The Morgan fingerprint density at radius 3 is 2.95 bits per heavy atom. The molecular formula is C13H13BrClN3O. The number of nitrogens with zero attached hydrogens (tertiary/aromatic N) is 2. The summed E-state index contributed by atoms with van der Waals surface area (Å²) in [6.45, 7) is 0.543. The van der Waals surface area contributed by atoms with Crippen LogP contribution in [-0.4, -0.2) is 22.2 Å². The van der Waals surface area contributed by atoms with E-state index < -0.39 is 0 Å². The summed E-state index contributed by atoms with van der Waals surface area (Å²) < 4.78 is 2.62. The molecule has 0 radical (unpaired) electrons. The first-order chi connectivity index (χ1) is 9.08. The van der Waals surface area contributed by atoms with Crippen molar-refractivity contribution in [2.75, 3.05) is 6.54 Å². The molecule has 2 aromatic rings. The number of halogens is 2. The predicted molar refractivity (Wildman–Crippen MR) is 78.4 cm³/mol. The molecule has 0 aliphatic carbocycles. The van der Waals surface area contributed by atoms with Gasteiger partial charge in [-0.3, -0.25) is 9.48 Å². The minimum atomic E-state index is -0.173. The Labute approximate surface area is 124 Å². The van der Waals surface area contributed by atoms with Gasteiger partial charge in [-0.15, -0.1) is 0 Å². The lowest BCUT2D eigenvalue weighted by atomic mass is 10.2. The maximum absolute atomic E-state index is 12.0. The summed E-state index contributed by atoms with van der Waals surface area (Å²) in [5.41, 5.74) is 1.54. The van der Waals surface area contributed by atoms with E-state index in [1.807, 2.05) is 13.1 Å². The Morgan fingerprint density at radius 2 is 2.26 bits per heavy atom. The van der Waals surface area contributed by atoms with Gasteiger partial charge in [-0.05, 0) is 24.3 Å². The van der Waals surface area contributed by atoms with Gasteiger partial charge >= 0.3 is 0 Å². The SMILES string of the molecule is Cn1nccc1CCNC(=O)c1cc(Br)ccc1Cl. The average Bonchev–Trinajstić information content (AvgIpc) is 2.78. The summed E-state index contributed by atoms with van der Waals surface area (Å²) >= 11 is 9.32. The molecule has 0 bridgehead atoms. The summed E-state index contributed by atoms with van der Waals surface area (Å²) in [6.07, 6.45) is 2.47. The monoisotopic (exact) mass is 341 g/mol. The molecule has 0 fully saturated rings. The first-order valence-corrected chi connectivity index (χ1v) is 6.95. The minimum absolute atomic E-state index is 0.173. The molecule has 0 saturated heterocycles. The third-order valence-corrected chi connectivity index (χ3v) is 3.59.